The van der Waals surface area contributed by atoms with Crippen LogP contribution in [0.5, 0.6) is 11.5 Å². The van der Waals surface area contributed by atoms with Gasteiger partial charge in [0.15, 0.2) is 17.3 Å². The van der Waals surface area contributed by atoms with Crippen LogP contribution in [0, 0.1) is 6.92 Å². The maximum atomic E-state index is 11.1. The summed E-state index contributed by atoms with van der Waals surface area (Å²) in [6, 6.07) is 13.6. The van der Waals surface area contributed by atoms with E-state index in [1.165, 1.54) is 11.8 Å². The number of aryl methyl sites for hydroxylation is 1. The number of nitrogens with one attached hydrogen (secondary N) is 2. The fourth-order valence-corrected chi connectivity index (χ4v) is 2.35. The number of H-pyrrole nitrogens is 1. The molecule has 0 unspecified atom stereocenters. The summed E-state index contributed by atoms with van der Waals surface area (Å²) >= 11 is 0. The van der Waals surface area contributed by atoms with Gasteiger partial charge < -0.3 is 9.47 Å². The van der Waals surface area contributed by atoms with Crippen molar-refractivity contribution in [3.8, 4) is 11.5 Å². The molecule has 27 heavy (non-hydrogen) atoms. The minimum atomic E-state index is -0.549. The molecule has 138 valence electrons. The Bertz CT molecular complexity index is 1000. The lowest BCUT2D eigenvalue weighted by molar-refractivity contribution is 0.284. The summed E-state index contributed by atoms with van der Waals surface area (Å²) in [5.74, 6) is 1.50. The molecule has 1 aromatic heterocycles. The maximum absolute atomic E-state index is 11.1. The summed E-state index contributed by atoms with van der Waals surface area (Å²) in [7, 11) is 1.58. The summed E-state index contributed by atoms with van der Waals surface area (Å²) in [5.41, 5.74) is 5.18. The predicted octanol–water partition coefficient (Wildman–Crippen LogP) is 2.51. The van der Waals surface area contributed by atoms with Crippen molar-refractivity contribution in [2.75, 3.05) is 12.5 Å². The molecule has 0 aliphatic rings. The van der Waals surface area contributed by atoms with E-state index in [9.17, 15) is 4.79 Å². The standard InChI is InChI=1S/C19H19N5O3/c1-13-5-3-4-6-15(13)12-27-16-8-7-14(9-17(16)26-2)10-20-23-18-11-21-24-19(25)22-18/h3-11H,12H2,1-2H3,(H2,22,23,24,25)/b20-10-. The summed E-state index contributed by atoms with van der Waals surface area (Å²) < 4.78 is 11.3. The van der Waals surface area contributed by atoms with Crippen molar-refractivity contribution < 1.29 is 9.47 Å². The zero-order valence-corrected chi connectivity index (χ0v) is 15.0. The highest BCUT2D eigenvalue weighted by Crippen LogP contribution is 2.28. The number of rotatable bonds is 7. The molecule has 0 saturated carbocycles. The second-order valence-corrected chi connectivity index (χ2v) is 5.67. The van der Waals surface area contributed by atoms with Gasteiger partial charge in [-0.25, -0.2) is 9.89 Å². The lowest BCUT2D eigenvalue weighted by Crippen LogP contribution is -2.13. The van der Waals surface area contributed by atoms with Crippen molar-refractivity contribution in [2.45, 2.75) is 13.5 Å². The lowest BCUT2D eigenvalue weighted by atomic mass is 10.1. The van der Waals surface area contributed by atoms with Crippen LogP contribution in [-0.4, -0.2) is 28.5 Å². The van der Waals surface area contributed by atoms with Crippen LogP contribution in [0.4, 0.5) is 5.82 Å². The van der Waals surface area contributed by atoms with Gasteiger partial charge in [0, 0.05) is 0 Å². The van der Waals surface area contributed by atoms with Crippen molar-refractivity contribution in [1.29, 1.82) is 0 Å². The SMILES string of the molecule is COc1cc(/C=N\Nc2cn[nH]c(=O)n2)ccc1OCc1ccccc1C. The summed E-state index contributed by atoms with van der Waals surface area (Å²) in [4.78, 5) is 14.7. The van der Waals surface area contributed by atoms with Gasteiger partial charge in [0.2, 0.25) is 0 Å². The molecular weight excluding hydrogens is 346 g/mol. The highest BCUT2D eigenvalue weighted by molar-refractivity contribution is 5.81. The largest absolute Gasteiger partial charge is 0.493 e. The Labute approximate surface area is 155 Å². The average Bonchev–Trinajstić information content (AvgIpc) is 2.68. The van der Waals surface area contributed by atoms with E-state index in [0.717, 1.165) is 11.1 Å². The van der Waals surface area contributed by atoms with E-state index in [-0.39, 0.29) is 5.82 Å². The van der Waals surface area contributed by atoms with E-state index in [1.54, 1.807) is 13.3 Å². The number of ether oxygens (including phenoxy) is 2. The van der Waals surface area contributed by atoms with Gasteiger partial charge in [-0.05, 0) is 41.8 Å². The number of hydrogen-bond acceptors (Lipinski definition) is 7. The number of aromatic amines is 1. The number of aromatic nitrogens is 3. The number of nitrogens with zero attached hydrogens (tertiary/aromatic N) is 3. The molecule has 1 heterocycles. The van der Waals surface area contributed by atoms with Gasteiger partial charge in [-0.15, -0.1) is 0 Å². The Kier molecular flexibility index (Phi) is 5.78. The fourth-order valence-electron chi connectivity index (χ4n) is 2.35. The first-order valence-electron chi connectivity index (χ1n) is 8.22. The van der Waals surface area contributed by atoms with E-state index in [1.807, 2.05) is 49.4 Å². The molecule has 0 amide bonds. The van der Waals surface area contributed by atoms with Crippen LogP contribution in [0.15, 0.2) is 58.6 Å². The van der Waals surface area contributed by atoms with Gasteiger partial charge in [-0.3, -0.25) is 5.43 Å². The molecular formula is C19H19N5O3. The normalized spacial score (nSPS) is 10.7. The van der Waals surface area contributed by atoms with Crippen molar-refractivity contribution in [3.63, 3.8) is 0 Å². The first-order valence-corrected chi connectivity index (χ1v) is 8.22. The second kappa shape index (κ2) is 8.61. The lowest BCUT2D eigenvalue weighted by Gasteiger charge is -2.12. The molecule has 0 atom stereocenters. The predicted molar refractivity (Wildman–Crippen MR) is 102 cm³/mol. The van der Waals surface area contributed by atoms with Crippen molar-refractivity contribution in [1.82, 2.24) is 15.2 Å². The molecule has 3 aromatic rings. The van der Waals surface area contributed by atoms with Gasteiger partial charge in [0.1, 0.15) is 6.61 Å². The number of hydrogen-bond donors (Lipinski definition) is 2. The summed E-state index contributed by atoms with van der Waals surface area (Å²) in [6.45, 7) is 2.51. The van der Waals surface area contributed by atoms with Crippen LogP contribution < -0.4 is 20.6 Å². The van der Waals surface area contributed by atoms with Crippen molar-refractivity contribution in [3.05, 3.63) is 75.8 Å². The maximum Gasteiger partial charge on any atom is 0.363 e. The third-order valence-corrected chi connectivity index (χ3v) is 3.79. The minimum Gasteiger partial charge on any atom is -0.493 e. The molecule has 2 aromatic carbocycles. The first kappa shape index (κ1) is 18.1. The molecule has 0 spiro atoms. The smallest absolute Gasteiger partial charge is 0.363 e. The zero-order chi connectivity index (χ0) is 19.1. The molecule has 2 N–H and O–H groups in total. The van der Waals surface area contributed by atoms with Gasteiger partial charge in [-0.1, -0.05) is 24.3 Å². The zero-order valence-electron chi connectivity index (χ0n) is 15.0. The summed E-state index contributed by atoms with van der Waals surface area (Å²) in [6.07, 6.45) is 2.94. The van der Waals surface area contributed by atoms with Crippen LogP contribution in [0.3, 0.4) is 0 Å². The van der Waals surface area contributed by atoms with E-state index >= 15 is 0 Å². The Morgan fingerprint density at radius 3 is 2.85 bits per heavy atom. The molecule has 0 aliphatic heterocycles. The average molecular weight is 365 g/mol. The van der Waals surface area contributed by atoms with Gasteiger partial charge >= 0.3 is 5.69 Å². The highest BCUT2D eigenvalue weighted by atomic mass is 16.5. The van der Waals surface area contributed by atoms with Gasteiger partial charge in [0.05, 0.1) is 19.5 Å². The van der Waals surface area contributed by atoms with Crippen molar-refractivity contribution in [2.24, 2.45) is 5.10 Å². The minimum absolute atomic E-state index is 0.250. The monoisotopic (exact) mass is 365 g/mol. The molecule has 0 aliphatic carbocycles. The molecule has 0 radical (unpaired) electrons. The van der Waals surface area contributed by atoms with E-state index < -0.39 is 5.69 Å². The Morgan fingerprint density at radius 2 is 2.07 bits per heavy atom. The molecule has 8 heteroatoms. The molecule has 0 fully saturated rings. The highest BCUT2D eigenvalue weighted by Gasteiger charge is 2.06. The van der Waals surface area contributed by atoms with Crippen LogP contribution in [0.2, 0.25) is 0 Å². The third-order valence-electron chi connectivity index (χ3n) is 3.79. The van der Waals surface area contributed by atoms with Gasteiger partial charge in [-0.2, -0.15) is 15.2 Å². The molecule has 0 bridgehead atoms. The van der Waals surface area contributed by atoms with Crippen molar-refractivity contribution >= 4 is 12.0 Å². The fraction of sp³-hybridized carbons (Fsp3) is 0.158. The third kappa shape index (κ3) is 4.91. The van der Waals surface area contributed by atoms with E-state index in [0.29, 0.717) is 18.1 Å². The van der Waals surface area contributed by atoms with Crippen LogP contribution >= 0.6 is 0 Å². The number of anilines is 1. The summed E-state index contributed by atoms with van der Waals surface area (Å²) in [5, 5.41) is 9.85. The Morgan fingerprint density at radius 1 is 1.22 bits per heavy atom. The number of hydrazone groups is 1. The number of methoxy groups -OCH3 is 1. The van der Waals surface area contributed by atoms with E-state index in [4.69, 9.17) is 9.47 Å². The van der Waals surface area contributed by atoms with Crippen LogP contribution in [-0.2, 0) is 6.61 Å². The van der Waals surface area contributed by atoms with Crippen LogP contribution in [0.1, 0.15) is 16.7 Å². The quantitative estimate of drug-likeness (QED) is 0.493. The van der Waals surface area contributed by atoms with Crippen LogP contribution in [0.25, 0.3) is 0 Å². The van der Waals surface area contributed by atoms with Gasteiger partial charge in [0.25, 0.3) is 0 Å². The Balaban J connectivity index is 1.67. The van der Waals surface area contributed by atoms with E-state index in [2.05, 4.69) is 25.7 Å². The topological polar surface area (TPSA) is 101 Å². The molecule has 3 rings (SSSR count). The first-order chi connectivity index (χ1) is 13.2. The second-order valence-electron chi connectivity index (χ2n) is 5.67. The molecule has 0 saturated heterocycles. The number of benzene rings is 2. The Hall–Kier alpha value is -3.68. The molecule has 8 nitrogen and oxygen atoms in total.